The Morgan fingerprint density at radius 2 is 1.48 bits per heavy atom. The summed E-state index contributed by atoms with van der Waals surface area (Å²) in [6.07, 6.45) is -0.108. The number of likely N-dealkylation sites (N-methyl/N-ethyl adjacent to an activating group) is 1. The van der Waals surface area contributed by atoms with Crippen LogP contribution in [0.3, 0.4) is 0 Å². The first-order valence-corrected chi connectivity index (χ1v) is 18.8. The van der Waals surface area contributed by atoms with Crippen molar-refractivity contribution in [2.24, 2.45) is 10.8 Å². The highest BCUT2D eigenvalue weighted by molar-refractivity contribution is 9.10. The molecule has 0 spiro atoms. The maximum Gasteiger partial charge on any atom is 0.472 e. The van der Waals surface area contributed by atoms with Crippen LogP contribution >= 0.6 is 23.8 Å². The van der Waals surface area contributed by atoms with Gasteiger partial charge in [-0.25, -0.2) is 4.57 Å². The van der Waals surface area contributed by atoms with E-state index in [4.69, 9.17) is 23.3 Å². The second-order valence-electron chi connectivity index (χ2n) is 11.9. The van der Waals surface area contributed by atoms with Crippen LogP contribution in [0.4, 0.5) is 0 Å². The Balaban J connectivity index is 5.60. The minimum absolute atomic E-state index is 0.0193. The number of rotatable bonds is 17. The lowest BCUT2D eigenvalue weighted by molar-refractivity contribution is -0.164. The van der Waals surface area contributed by atoms with Crippen LogP contribution in [0.5, 0.6) is 0 Å². The summed E-state index contributed by atoms with van der Waals surface area (Å²) in [4.78, 5) is 50.5. The lowest BCUT2D eigenvalue weighted by atomic mass is 9.69. The van der Waals surface area contributed by atoms with Crippen LogP contribution in [-0.2, 0) is 42.2 Å². The SMILES string of the molecule is CCOC(=O)C(C)(C)CC(C)(CC(C)(Br)C(=O)OCC#C[Si](C)(C)C)C(=O)OCCOP(=O)(O)OCCN(C)C. The highest BCUT2D eigenvalue weighted by Crippen LogP contribution is 2.45. The number of ether oxygens (including phenoxy) is 3. The van der Waals surface area contributed by atoms with E-state index >= 15 is 0 Å². The van der Waals surface area contributed by atoms with Crippen LogP contribution in [0, 0.1) is 22.3 Å². The van der Waals surface area contributed by atoms with Gasteiger partial charge in [0.25, 0.3) is 0 Å². The molecular weight excluding hydrogens is 625 g/mol. The molecule has 14 heteroatoms. The summed E-state index contributed by atoms with van der Waals surface area (Å²) in [6.45, 7) is 14.0. The smallest absolute Gasteiger partial charge is 0.466 e. The van der Waals surface area contributed by atoms with Gasteiger partial charge in [0, 0.05) is 6.54 Å². The van der Waals surface area contributed by atoms with Crippen molar-refractivity contribution in [2.45, 2.75) is 71.4 Å². The van der Waals surface area contributed by atoms with Crippen LogP contribution in [-0.4, -0.2) is 93.8 Å². The van der Waals surface area contributed by atoms with Gasteiger partial charge in [-0.3, -0.25) is 23.4 Å². The largest absolute Gasteiger partial charge is 0.472 e. The molecule has 0 aromatic rings. The van der Waals surface area contributed by atoms with Crippen LogP contribution in [0.25, 0.3) is 0 Å². The van der Waals surface area contributed by atoms with Gasteiger partial charge in [-0.15, -0.1) is 5.54 Å². The third-order valence-corrected chi connectivity index (χ3v) is 7.95. The molecule has 0 bridgehead atoms. The zero-order valence-corrected chi connectivity index (χ0v) is 29.0. The molecule has 3 unspecified atom stereocenters. The lowest BCUT2D eigenvalue weighted by Crippen LogP contribution is -2.45. The van der Waals surface area contributed by atoms with Crippen LogP contribution in [0.1, 0.15) is 47.5 Å². The second-order valence-corrected chi connectivity index (χ2v) is 19.9. The van der Waals surface area contributed by atoms with Crippen molar-refractivity contribution in [1.82, 2.24) is 4.90 Å². The van der Waals surface area contributed by atoms with Gasteiger partial charge >= 0.3 is 25.7 Å². The second kappa shape index (κ2) is 16.4. The Morgan fingerprint density at radius 1 is 0.900 bits per heavy atom. The van der Waals surface area contributed by atoms with E-state index in [0.29, 0.717) is 6.54 Å². The molecule has 0 saturated carbocycles. The predicted molar refractivity (Wildman–Crippen MR) is 158 cm³/mol. The zero-order chi connectivity index (χ0) is 31.4. The number of phosphoric ester groups is 1. The molecule has 0 amide bonds. The lowest BCUT2D eigenvalue weighted by Gasteiger charge is -2.37. The fourth-order valence-corrected chi connectivity index (χ4v) is 5.80. The average molecular weight is 673 g/mol. The van der Waals surface area contributed by atoms with Gasteiger partial charge in [-0.1, -0.05) is 41.5 Å². The fraction of sp³-hybridized carbons (Fsp3) is 0.808. The molecule has 1 N–H and O–H groups in total. The number of hydrogen-bond donors (Lipinski definition) is 1. The molecule has 0 fully saturated rings. The predicted octanol–water partition coefficient (Wildman–Crippen LogP) is 4.18. The van der Waals surface area contributed by atoms with Gasteiger partial charge in [-0.05, 0) is 61.6 Å². The maximum atomic E-state index is 13.4. The van der Waals surface area contributed by atoms with Gasteiger partial charge in [0.2, 0.25) is 0 Å². The van der Waals surface area contributed by atoms with E-state index < -0.39 is 55.6 Å². The Bertz CT molecular complexity index is 971. The highest BCUT2D eigenvalue weighted by atomic mass is 79.9. The monoisotopic (exact) mass is 671 g/mol. The molecule has 0 heterocycles. The third kappa shape index (κ3) is 15.7. The molecule has 0 aliphatic carbocycles. The maximum absolute atomic E-state index is 13.4. The zero-order valence-electron chi connectivity index (χ0n) is 25.6. The number of alkyl halides is 1. The summed E-state index contributed by atoms with van der Waals surface area (Å²) in [6, 6.07) is 0. The van der Waals surface area contributed by atoms with Crippen molar-refractivity contribution in [3.8, 4) is 11.5 Å². The van der Waals surface area contributed by atoms with Crippen LogP contribution < -0.4 is 0 Å². The van der Waals surface area contributed by atoms with E-state index in [1.54, 1.807) is 53.6 Å². The van der Waals surface area contributed by atoms with Crippen molar-refractivity contribution in [1.29, 1.82) is 0 Å². The van der Waals surface area contributed by atoms with Gasteiger partial charge < -0.3 is 24.0 Å². The van der Waals surface area contributed by atoms with E-state index in [1.807, 2.05) is 0 Å². The summed E-state index contributed by atoms with van der Waals surface area (Å²) < 4.78 is 36.4. The number of carbonyl (C=O) groups excluding carboxylic acids is 3. The van der Waals surface area contributed by atoms with Gasteiger partial charge in [-0.2, -0.15) is 0 Å². The number of phosphoric acid groups is 1. The topological polar surface area (TPSA) is 138 Å². The minimum atomic E-state index is -4.33. The van der Waals surface area contributed by atoms with Crippen molar-refractivity contribution < 1.29 is 47.1 Å². The molecule has 3 atom stereocenters. The minimum Gasteiger partial charge on any atom is -0.466 e. The molecule has 0 rings (SSSR count). The molecule has 0 radical (unpaired) electrons. The van der Waals surface area contributed by atoms with Gasteiger partial charge in [0.05, 0.1) is 30.7 Å². The fourth-order valence-electron chi connectivity index (χ4n) is 3.78. The summed E-state index contributed by atoms with van der Waals surface area (Å²) in [5, 5.41) is 0. The van der Waals surface area contributed by atoms with E-state index in [-0.39, 0.29) is 39.3 Å². The number of esters is 3. The number of carbonyl (C=O) groups is 3. The summed E-state index contributed by atoms with van der Waals surface area (Å²) >= 11 is 3.41. The van der Waals surface area contributed by atoms with Crippen LogP contribution in [0.2, 0.25) is 19.6 Å². The summed E-state index contributed by atoms with van der Waals surface area (Å²) in [5.74, 6) is 1.01. The Morgan fingerprint density at radius 3 is 2.00 bits per heavy atom. The molecule has 0 aliphatic rings. The molecule has 0 aliphatic heterocycles. The number of halogens is 1. The Kier molecular flexibility index (Phi) is 15.9. The molecule has 40 heavy (non-hydrogen) atoms. The first kappa shape index (κ1) is 38.7. The number of hydrogen-bond acceptors (Lipinski definition) is 10. The molecule has 0 saturated heterocycles. The Hall–Kier alpha value is -1.26. The standard InChI is InChI=1S/C26H47BrNO10PSi/c1-11-34-21(29)24(2,3)19-25(4,20-26(5,27)23(31)35-14-12-18-40(8,9)10)22(30)36-16-17-38-39(32,33)37-15-13-28(6)7/h11,13-17,19-20H2,1-10H3,(H,32,33). The van der Waals surface area contributed by atoms with Gasteiger partial charge in [0.15, 0.2) is 6.61 Å². The van der Waals surface area contributed by atoms with Gasteiger partial charge in [0.1, 0.15) is 19.0 Å². The van der Waals surface area contributed by atoms with Crippen LogP contribution in [0.15, 0.2) is 0 Å². The van der Waals surface area contributed by atoms with Crippen molar-refractivity contribution in [3.63, 3.8) is 0 Å². The van der Waals surface area contributed by atoms with Crippen molar-refractivity contribution in [2.75, 3.05) is 53.7 Å². The normalized spacial score (nSPS) is 16.5. The average Bonchev–Trinajstić information content (AvgIpc) is 2.77. The molecule has 0 aromatic heterocycles. The molecular formula is C26H47BrNO10PSi. The first-order valence-electron chi connectivity index (χ1n) is 13.0. The van der Waals surface area contributed by atoms with Crippen molar-refractivity contribution in [3.05, 3.63) is 0 Å². The molecule has 0 aromatic carbocycles. The van der Waals surface area contributed by atoms with Crippen molar-refractivity contribution >= 4 is 49.7 Å². The van der Waals surface area contributed by atoms with E-state index in [9.17, 15) is 23.8 Å². The quantitative estimate of drug-likeness (QED) is 0.0453. The number of nitrogens with zero attached hydrogens (tertiary/aromatic N) is 1. The first-order chi connectivity index (χ1) is 18.1. The van der Waals surface area contributed by atoms with E-state index in [0.717, 1.165) is 0 Å². The Labute approximate surface area is 248 Å². The van der Waals surface area contributed by atoms with E-state index in [1.165, 1.54) is 0 Å². The summed E-state index contributed by atoms with van der Waals surface area (Å²) in [5.41, 5.74) is 0.644. The van der Waals surface area contributed by atoms with E-state index in [2.05, 4.69) is 47.0 Å². The molecule has 232 valence electrons. The molecule has 11 nitrogen and oxygen atoms in total. The summed E-state index contributed by atoms with van der Waals surface area (Å²) in [7, 11) is -2.40. The third-order valence-electron chi connectivity index (χ3n) is 5.40. The highest BCUT2D eigenvalue weighted by Gasteiger charge is 2.49.